The zero-order chi connectivity index (χ0) is 13.6. The molecule has 1 aromatic heterocycles. The van der Waals surface area contributed by atoms with E-state index in [9.17, 15) is 9.90 Å². The van der Waals surface area contributed by atoms with Gasteiger partial charge in [-0.05, 0) is 25.0 Å². The fourth-order valence-corrected chi connectivity index (χ4v) is 3.68. The minimum absolute atomic E-state index is 0.275. The number of rotatable bonds is 3. The summed E-state index contributed by atoms with van der Waals surface area (Å²) in [4.78, 5) is 16.0. The van der Waals surface area contributed by atoms with Crippen LogP contribution in [-0.4, -0.2) is 16.1 Å². The number of hydrogen-bond acceptors (Lipinski definition) is 3. The monoisotopic (exact) mass is 313 g/mol. The average Bonchev–Trinajstić information content (AvgIpc) is 3.09. The topological polar surface area (TPSA) is 50.2 Å². The Labute approximate surface area is 123 Å². The Morgan fingerprint density at radius 3 is 2.47 bits per heavy atom. The Morgan fingerprint density at radius 2 is 1.95 bits per heavy atom. The first-order valence-corrected chi connectivity index (χ1v) is 7.33. The van der Waals surface area contributed by atoms with Crippen molar-refractivity contribution in [1.29, 1.82) is 0 Å². The maximum absolute atomic E-state index is 11.3. The average molecular weight is 314 g/mol. The van der Waals surface area contributed by atoms with E-state index in [1.165, 1.54) is 0 Å². The quantitative estimate of drug-likeness (QED) is 0.894. The fraction of sp³-hybridized carbons (Fsp3) is 0.231. The molecule has 19 heavy (non-hydrogen) atoms. The highest BCUT2D eigenvalue weighted by Crippen LogP contribution is 2.46. The van der Waals surface area contributed by atoms with Crippen LogP contribution < -0.4 is 0 Å². The molecule has 3 rings (SSSR count). The molecule has 1 aromatic carbocycles. The van der Waals surface area contributed by atoms with Gasteiger partial charge in [0.15, 0.2) is 0 Å². The Hall–Kier alpha value is -1.10. The van der Waals surface area contributed by atoms with Gasteiger partial charge in [-0.15, -0.1) is 11.3 Å². The van der Waals surface area contributed by atoms with Crippen LogP contribution in [0.5, 0.6) is 0 Å². The van der Waals surface area contributed by atoms with Crippen LogP contribution in [0, 0.1) is 0 Å². The molecule has 0 amide bonds. The van der Waals surface area contributed by atoms with Crippen LogP contribution in [0.3, 0.4) is 0 Å². The fourth-order valence-electron chi connectivity index (χ4n) is 1.93. The van der Waals surface area contributed by atoms with E-state index in [1.807, 2.05) is 0 Å². The Bertz CT molecular complexity index is 644. The maximum Gasteiger partial charge on any atom is 0.347 e. The molecule has 6 heteroatoms. The predicted octanol–water partition coefficient (Wildman–Crippen LogP) is 4.69. The highest BCUT2D eigenvalue weighted by Gasteiger charge is 2.32. The van der Waals surface area contributed by atoms with Crippen LogP contribution in [0.4, 0.5) is 0 Å². The molecule has 1 N–H and O–H groups in total. The van der Waals surface area contributed by atoms with Gasteiger partial charge in [0, 0.05) is 11.5 Å². The molecule has 0 unspecified atom stereocenters. The molecule has 1 aliphatic rings. The van der Waals surface area contributed by atoms with Crippen molar-refractivity contribution in [2.45, 2.75) is 18.8 Å². The van der Waals surface area contributed by atoms with Gasteiger partial charge < -0.3 is 5.11 Å². The van der Waals surface area contributed by atoms with E-state index in [0.717, 1.165) is 24.2 Å². The van der Waals surface area contributed by atoms with Crippen molar-refractivity contribution in [2.24, 2.45) is 0 Å². The number of thiazole rings is 1. The minimum atomic E-state index is -0.936. The Morgan fingerprint density at radius 1 is 1.32 bits per heavy atom. The number of aromatic carboxylic acids is 1. The van der Waals surface area contributed by atoms with Crippen LogP contribution in [0.25, 0.3) is 10.6 Å². The molecule has 1 heterocycles. The number of carboxylic acids is 1. The molecular weight excluding hydrogens is 305 g/mol. The first-order valence-electron chi connectivity index (χ1n) is 5.76. The van der Waals surface area contributed by atoms with Crippen LogP contribution in [0.2, 0.25) is 10.0 Å². The van der Waals surface area contributed by atoms with E-state index in [4.69, 9.17) is 23.2 Å². The van der Waals surface area contributed by atoms with E-state index in [-0.39, 0.29) is 5.92 Å². The van der Waals surface area contributed by atoms with Crippen molar-refractivity contribution in [1.82, 2.24) is 4.98 Å². The van der Waals surface area contributed by atoms with Crippen LogP contribution in [-0.2, 0) is 0 Å². The van der Waals surface area contributed by atoms with Gasteiger partial charge in [0.1, 0.15) is 9.88 Å². The van der Waals surface area contributed by atoms with E-state index in [2.05, 4.69) is 4.98 Å². The third kappa shape index (κ3) is 2.36. The summed E-state index contributed by atoms with van der Waals surface area (Å²) >= 11 is 13.4. The van der Waals surface area contributed by atoms with Gasteiger partial charge in [0.2, 0.25) is 0 Å². The van der Waals surface area contributed by atoms with Crippen molar-refractivity contribution in [3.05, 3.63) is 38.8 Å². The lowest BCUT2D eigenvalue weighted by Gasteiger charge is -2.02. The Balaban J connectivity index is 2.16. The van der Waals surface area contributed by atoms with Gasteiger partial charge >= 0.3 is 5.97 Å². The smallest absolute Gasteiger partial charge is 0.347 e. The van der Waals surface area contributed by atoms with Crippen LogP contribution >= 0.6 is 34.5 Å². The number of halogens is 2. The Kier molecular flexibility index (Phi) is 3.25. The second-order valence-corrected chi connectivity index (χ2v) is 6.22. The van der Waals surface area contributed by atoms with Crippen LogP contribution in [0.15, 0.2) is 18.2 Å². The lowest BCUT2D eigenvalue weighted by molar-refractivity contribution is 0.0700. The number of carboxylic acid groups (broad SMARTS) is 1. The number of nitrogens with zero attached hydrogens (tertiary/aromatic N) is 1. The normalized spacial score (nSPS) is 14.6. The molecule has 1 fully saturated rings. The van der Waals surface area contributed by atoms with E-state index in [1.54, 1.807) is 18.2 Å². The second-order valence-electron chi connectivity index (χ2n) is 4.41. The van der Waals surface area contributed by atoms with Crippen molar-refractivity contribution in [3.63, 3.8) is 0 Å². The van der Waals surface area contributed by atoms with Crippen molar-refractivity contribution in [3.8, 4) is 10.6 Å². The SMILES string of the molecule is O=C(O)c1sc(-c2c(Cl)cccc2Cl)nc1C1CC1. The lowest BCUT2D eigenvalue weighted by atomic mass is 10.2. The van der Waals surface area contributed by atoms with Gasteiger partial charge in [-0.2, -0.15) is 0 Å². The molecule has 0 aliphatic heterocycles. The molecule has 0 spiro atoms. The molecule has 98 valence electrons. The van der Waals surface area contributed by atoms with Crippen molar-refractivity contribution >= 4 is 40.5 Å². The molecule has 0 atom stereocenters. The third-order valence-electron chi connectivity index (χ3n) is 2.99. The van der Waals surface area contributed by atoms with E-state index < -0.39 is 5.97 Å². The maximum atomic E-state index is 11.3. The van der Waals surface area contributed by atoms with Gasteiger partial charge in [-0.3, -0.25) is 0 Å². The summed E-state index contributed by atoms with van der Waals surface area (Å²) in [7, 11) is 0. The third-order valence-corrected chi connectivity index (χ3v) is 4.69. The first-order chi connectivity index (χ1) is 9.08. The summed E-state index contributed by atoms with van der Waals surface area (Å²) in [5.74, 6) is -0.661. The van der Waals surface area contributed by atoms with Gasteiger partial charge in [-0.1, -0.05) is 29.3 Å². The van der Waals surface area contributed by atoms with Gasteiger partial charge in [0.05, 0.1) is 15.7 Å². The molecule has 2 aromatic rings. The van der Waals surface area contributed by atoms with E-state index in [0.29, 0.717) is 31.2 Å². The molecule has 1 aliphatic carbocycles. The van der Waals surface area contributed by atoms with Gasteiger partial charge in [0.25, 0.3) is 0 Å². The minimum Gasteiger partial charge on any atom is -0.477 e. The molecule has 3 nitrogen and oxygen atoms in total. The lowest BCUT2D eigenvalue weighted by Crippen LogP contribution is -1.97. The largest absolute Gasteiger partial charge is 0.477 e. The second kappa shape index (κ2) is 4.78. The van der Waals surface area contributed by atoms with Crippen molar-refractivity contribution < 1.29 is 9.90 Å². The van der Waals surface area contributed by atoms with E-state index >= 15 is 0 Å². The first kappa shape index (κ1) is 12.9. The number of aromatic nitrogens is 1. The molecule has 0 radical (unpaired) electrons. The summed E-state index contributed by atoms with van der Waals surface area (Å²) in [6, 6.07) is 5.20. The van der Waals surface area contributed by atoms with Crippen molar-refractivity contribution in [2.75, 3.05) is 0 Å². The predicted molar refractivity (Wildman–Crippen MR) is 76.5 cm³/mol. The zero-order valence-corrected chi connectivity index (χ0v) is 12.0. The summed E-state index contributed by atoms with van der Waals surface area (Å²) in [6.07, 6.45) is 2.00. The molecule has 0 bridgehead atoms. The number of hydrogen-bond donors (Lipinski definition) is 1. The molecular formula is C13H9Cl2NO2S. The summed E-state index contributed by atoms with van der Waals surface area (Å²) in [6.45, 7) is 0. The highest BCUT2D eigenvalue weighted by molar-refractivity contribution is 7.17. The number of benzene rings is 1. The van der Waals surface area contributed by atoms with Gasteiger partial charge in [-0.25, -0.2) is 9.78 Å². The summed E-state index contributed by atoms with van der Waals surface area (Å²) < 4.78 is 0. The molecule has 1 saturated carbocycles. The van der Waals surface area contributed by atoms with Crippen LogP contribution in [0.1, 0.15) is 34.1 Å². The highest BCUT2D eigenvalue weighted by atomic mass is 35.5. The number of carbonyl (C=O) groups is 1. The summed E-state index contributed by atoms with van der Waals surface area (Å²) in [5, 5.41) is 10.8. The summed E-state index contributed by atoms with van der Waals surface area (Å²) in [5.41, 5.74) is 1.29. The zero-order valence-electron chi connectivity index (χ0n) is 9.69. The standard InChI is InChI=1S/C13H9Cl2NO2S/c14-7-2-1-3-8(15)9(7)12-16-10(6-4-5-6)11(19-12)13(17)18/h1-3,6H,4-5H2,(H,17,18). The molecule has 0 saturated heterocycles.